The Kier molecular flexibility index (Phi) is 3.81. The molecule has 1 saturated carbocycles. The van der Waals surface area contributed by atoms with Crippen LogP contribution in [0.25, 0.3) is 10.8 Å². The lowest BCUT2D eigenvalue weighted by Crippen LogP contribution is -2.23. The van der Waals surface area contributed by atoms with Crippen LogP contribution in [0.15, 0.2) is 36.4 Å². The molecule has 0 aliphatic heterocycles. The van der Waals surface area contributed by atoms with Crippen LogP contribution in [0.5, 0.6) is 11.5 Å². The minimum Gasteiger partial charge on any atom is -0.504 e. The highest BCUT2D eigenvalue weighted by Gasteiger charge is 2.22. The summed E-state index contributed by atoms with van der Waals surface area (Å²) < 4.78 is 6.04. The highest BCUT2D eigenvalue weighted by molar-refractivity contribution is 5.85. The third-order valence-corrected chi connectivity index (χ3v) is 4.49. The molecule has 0 heterocycles. The zero-order valence-electron chi connectivity index (χ0n) is 12.0. The Morgan fingerprint density at radius 1 is 1.05 bits per heavy atom. The first-order valence-corrected chi connectivity index (χ1v) is 7.64. The number of ether oxygens (including phenoxy) is 1. The van der Waals surface area contributed by atoms with Crippen LogP contribution in [0.3, 0.4) is 0 Å². The molecule has 0 unspecified atom stereocenters. The van der Waals surface area contributed by atoms with Crippen LogP contribution in [-0.2, 0) is 0 Å². The SMILES string of the molecule is CCC1CCC(Oc2cc3ccccc3cc2O)CC1. The Balaban J connectivity index is 1.76. The van der Waals surface area contributed by atoms with Crippen molar-refractivity contribution in [1.82, 2.24) is 0 Å². The second kappa shape index (κ2) is 5.74. The number of phenols is 1. The molecule has 0 amide bonds. The maximum absolute atomic E-state index is 10.1. The molecule has 1 aliphatic carbocycles. The van der Waals surface area contributed by atoms with Crippen molar-refractivity contribution >= 4 is 10.8 Å². The molecule has 0 radical (unpaired) electrons. The van der Waals surface area contributed by atoms with E-state index >= 15 is 0 Å². The Hall–Kier alpha value is -1.70. The summed E-state index contributed by atoms with van der Waals surface area (Å²) in [5.74, 6) is 1.74. The molecule has 0 bridgehead atoms. The molecule has 1 N–H and O–H groups in total. The number of benzene rings is 2. The molecule has 3 rings (SSSR count). The summed E-state index contributed by atoms with van der Waals surface area (Å²) in [6.07, 6.45) is 6.22. The summed E-state index contributed by atoms with van der Waals surface area (Å²) in [5.41, 5.74) is 0. The molecule has 106 valence electrons. The summed E-state index contributed by atoms with van der Waals surface area (Å²) in [6.45, 7) is 2.26. The molecule has 1 aliphatic rings. The molecule has 20 heavy (non-hydrogen) atoms. The average molecular weight is 270 g/mol. The van der Waals surface area contributed by atoms with E-state index in [1.54, 1.807) is 6.07 Å². The van der Waals surface area contributed by atoms with Crippen molar-refractivity contribution in [3.05, 3.63) is 36.4 Å². The minimum atomic E-state index is 0.251. The second-order valence-corrected chi connectivity index (χ2v) is 5.84. The van der Waals surface area contributed by atoms with Gasteiger partial charge in [0.05, 0.1) is 6.10 Å². The molecule has 2 heteroatoms. The molecule has 2 aromatic carbocycles. The second-order valence-electron chi connectivity index (χ2n) is 5.84. The van der Waals surface area contributed by atoms with Gasteiger partial charge in [-0.2, -0.15) is 0 Å². The van der Waals surface area contributed by atoms with Gasteiger partial charge in [0.1, 0.15) is 0 Å². The van der Waals surface area contributed by atoms with Crippen molar-refractivity contribution < 1.29 is 9.84 Å². The van der Waals surface area contributed by atoms with Crippen molar-refractivity contribution in [3.8, 4) is 11.5 Å². The first-order chi connectivity index (χ1) is 9.76. The van der Waals surface area contributed by atoms with Gasteiger partial charge < -0.3 is 9.84 Å². The number of phenolic OH excluding ortho intramolecular Hbond substituents is 1. The highest BCUT2D eigenvalue weighted by Crippen LogP contribution is 2.35. The molecule has 0 saturated heterocycles. The summed E-state index contributed by atoms with van der Waals surface area (Å²) >= 11 is 0. The summed E-state index contributed by atoms with van der Waals surface area (Å²) in [5, 5.41) is 12.3. The van der Waals surface area contributed by atoms with Crippen LogP contribution in [0, 0.1) is 5.92 Å². The quantitative estimate of drug-likeness (QED) is 0.860. The van der Waals surface area contributed by atoms with Gasteiger partial charge in [-0.1, -0.05) is 37.6 Å². The van der Waals surface area contributed by atoms with E-state index in [-0.39, 0.29) is 11.9 Å². The molecular formula is C18H22O2. The van der Waals surface area contributed by atoms with Crippen molar-refractivity contribution in [2.45, 2.75) is 45.1 Å². The predicted octanol–water partition coefficient (Wildman–Crippen LogP) is 4.89. The fourth-order valence-corrected chi connectivity index (χ4v) is 3.14. The van der Waals surface area contributed by atoms with E-state index in [9.17, 15) is 5.11 Å². The van der Waals surface area contributed by atoms with Crippen LogP contribution in [0.2, 0.25) is 0 Å². The van der Waals surface area contributed by atoms with E-state index in [1.807, 2.05) is 24.3 Å². The van der Waals surface area contributed by atoms with E-state index in [0.29, 0.717) is 5.75 Å². The van der Waals surface area contributed by atoms with E-state index in [0.717, 1.165) is 29.5 Å². The third-order valence-electron chi connectivity index (χ3n) is 4.49. The van der Waals surface area contributed by atoms with E-state index in [1.165, 1.54) is 19.3 Å². The third kappa shape index (κ3) is 2.74. The summed E-state index contributed by atoms with van der Waals surface area (Å²) in [4.78, 5) is 0. The van der Waals surface area contributed by atoms with Crippen LogP contribution >= 0.6 is 0 Å². The fraction of sp³-hybridized carbons (Fsp3) is 0.444. The number of rotatable bonds is 3. The van der Waals surface area contributed by atoms with Crippen LogP contribution < -0.4 is 4.74 Å². The van der Waals surface area contributed by atoms with Gasteiger partial charge >= 0.3 is 0 Å². The Labute approximate surface area is 120 Å². The van der Waals surface area contributed by atoms with E-state index in [2.05, 4.69) is 13.0 Å². The average Bonchev–Trinajstić information content (AvgIpc) is 2.49. The number of aromatic hydroxyl groups is 1. The van der Waals surface area contributed by atoms with Crippen LogP contribution in [-0.4, -0.2) is 11.2 Å². The topological polar surface area (TPSA) is 29.5 Å². The van der Waals surface area contributed by atoms with Gasteiger partial charge in [0, 0.05) is 0 Å². The standard InChI is InChI=1S/C18H22O2/c1-2-13-7-9-16(10-8-13)20-18-12-15-6-4-3-5-14(15)11-17(18)19/h3-6,11-13,16,19H,2,7-10H2,1H3. The number of hydrogen-bond acceptors (Lipinski definition) is 2. The normalized spacial score (nSPS) is 22.9. The van der Waals surface area contributed by atoms with Crippen LogP contribution in [0.4, 0.5) is 0 Å². The lowest BCUT2D eigenvalue weighted by atomic mass is 9.86. The van der Waals surface area contributed by atoms with Gasteiger partial charge in [-0.25, -0.2) is 0 Å². The molecule has 1 fully saturated rings. The van der Waals surface area contributed by atoms with Gasteiger partial charge in [-0.05, 0) is 54.5 Å². The lowest BCUT2D eigenvalue weighted by Gasteiger charge is -2.28. The van der Waals surface area contributed by atoms with Crippen molar-refractivity contribution in [3.63, 3.8) is 0 Å². The number of hydrogen-bond donors (Lipinski definition) is 1. The summed E-state index contributed by atoms with van der Waals surface area (Å²) in [6, 6.07) is 11.8. The van der Waals surface area contributed by atoms with Gasteiger partial charge in [0.2, 0.25) is 0 Å². The molecule has 0 spiro atoms. The smallest absolute Gasteiger partial charge is 0.161 e. The molecule has 0 aromatic heterocycles. The first-order valence-electron chi connectivity index (χ1n) is 7.64. The fourth-order valence-electron chi connectivity index (χ4n) is 3.14. The lowest BCUT2D eigenvalue weighted by molar-refractivity contribution is 0.126. The monoisotopic (exact) mass is 270 g/mol. The first kappa shape index (κ1) is 13.3. The van der Waals surface area contributed by atoms with Gasteiger partial charge in [0.25, 0.3) is 0 Å². The zero-order chi connectivity index (χ0) is 13.9. The minimum absolute atomic E-state index is 0.251. The molecular weight excluding hydrogens is 248 g/mol. The highest BCUT2D eigenvalue weighted by atomic mass is 16.5. The number of fused-ring (bicyclic) bond motifs is 1. The molecule has 2 nitrogen and oxygen atoms in total. The van der Waals surface area contributed by atoms with Crippen molar-refractivity contribution in [2.75, 3.05) is 0 Å². The van der Waals surface area contributed by atoms with Crippen LogP contribution in [0.1, 0.15) is 39.0 Å². The maximum Gasteiger partial charge on any atom is 0.161 e. The maximum atomic E-state index is 10.1. The summed E-state index contributed by atoms with van der Waals surface area (Å²) in [7, 11) is 0. The molecule has 2 aromatic rings. The van der Waals surface area contributed by atoms with E-state index in [4.69, 9.17) is 4.74 Å². The Morgan fingerprint density at radius 3 is 2.35 bits per heavy atom. The molecule has 0 atom stereocenters. The largest absolute Gasteiger partial charge is 0.504 e. The Morgan fingerprint density at radius 2 is 1.70 bits per heavy atom. The predicted molar refractivity (Wildman–Crippen MR) is 82.3 cm³/mol. The van der Waals surface area contributed by atoms with E-state index < -0.39 is 0 Å². The zero-order valence-corrected chi connectivity index (χ0v) is 12.0. The van der Waals surface area contributed by atoms with Crippen molar-refractivity contribution in [2.24, 2.45) is 5.92 Å². The Bertz CT molecular complexity index is 583. The van der Waals surface area contributed by atoms with Gasteiger partial charge in [0.15, 0.2) is 11.5 Å². The van der Waals surface area contributed by atoms with Crippen molar-refractivity contribution in [1.29, 1.82) is 0 Å². The van der Waals surface area contributed by atoms with Gasteiger partial charge in [-0.3, -0.25) is 0 Å². The van der Waals surface area contributed by atoms with Gasteiger partial charge in [-0.15, -0.1) is 0 Å².